The van der Waals surface area contributed by atoms with E-state index < -0.39 is 0 Å². The largest absolute Gasteiger partial charge is 0.357 e. The number of nitrogens with one attached hydrogen (secondary N) is 2. The van der Waals surface area contributed by atoms with Gasteiger partial charge in [-0.3, -0.25) is 4.79 Å². The predicted octanol–water partition coefficient (Wildman–Crippen LogP) is 4.44. The molecule has 0 saturated heterocycles. The maximum Gasteiger partial charge on any atom is 0.267 e. The number of nitrogens with zero attached hydrogens (tertiary/aromatic N) is 1. The molecule has 126 valence electrons. The molecule has 0 radical (unpaired) electrons. The first-order valence-corrected chi connectivity index (χ1v) is 9.19. The summed E-state index contributed by atoms with van der Waals surface area (Å²) in [6.07, 6.45) is 2.63. The molecule has 1 aliphatic rings. The molecule has 0 spiro atoms. The van der Waals surface area contributed by atoms with Gasteiger partial charge in [-0.25, -0.2) is 0 Å². The Bertz CT molecular complexity index is 831. The van der Waals surface area contributed by atoms with Gasteiger partial charge in [-0.2, -0.15) is 0 Å². The first-order valence-electron chi connectivity index (χ1n) is 8.38. The summed E-state index contributed by atoms with van der Waals surface area (Å²) >= 11 is 1.81. The first-order chi connectivity index (χ1) is 12.3. The number of carbonyl (C=O) groups excluding carboxylic acids is 1. The van der Waals surface area contributed by atoms with Crippen LogP contribution in [-0.4, -0.2) is 24.0 Å². The Morgan fingerprint density at radius 2 is 1.64 bits per heavy atom. The van der Waals surface area contributed by atoms with Gasteiger partial charge in [-0.1, -0.05) is 36.0 Å². The molecule has 0 bridgehead atoms. The standard InChI is InChI=1S/C20H19N3OS/c24-20(15-7-5-12-21-15)22-13-6-14-23-16-8-1-3-10-18(16)25-19-11-4-2-9-17(19)23/h1-5,7-12,21H,6,13-14H2,(H,22,24). The Kier molecular flexibility index (Phi) is 4.48. The van der Waals surface area contributed by atoms with Crippen molar-refractivity contribution in [3.63, 3.8) is 0 Å². The Morgan fingerprint density at radius 3 is 2.28 bits per heavy atom. The molecule has 0 unspecified atom stereocenters. The molecule has 0 saturated carbocycles. The van der Waals surface area contributed by atoms with Crippen LogP contribution in [-0.2, 0) is 0 Å². The van der Waals surface area contributed by atoms with Crippen molar-refractivity contribution in [3.8, 4) is 0 Å². The lowest BCUT2D eigenvalue weighted by Gasteiger charge is -2.32. The predicted molar refractivity (Wildman–Crippen MR) is 102 cm³/mol. The van der Waals surface area contributed by atoms with E-state index in [1.807, 2.05) is 17.8 Å². The van der Waals surface area contributed by atoms with E-state index in [0.29, 0.717) is 12.2 Å². The number of aromatic nitrogens is 1. The van der Waals surface area contributed by atoms with Crippen LogP contribution in [0.4, 0.5) is 11.4 Å². The van der Waals surface area contributed by atoms with Crippen LogP contribution in [0.25, 0.3) is 0 Å². The molecule has 2 aromatic carbocycles. The van der Waals surface area contributed by atoms with E-state index in [0.717, 1.165) is 13.0 Å². The summed E-state index contributed by atoms with van der Waals surface area (Å²) in [6.45, 7) is 1.51. The molecule has 1 aromatic heterocycles. The minimum Gasteiger partial charge on any atom is -0.357 e. The second-order valence-electron chi connectivity index (χ2n) is 5.88. The summed E-state index contributed by atoms with van der Waals surface area (Å²) in [4.78, 5) is 19.8. The fourth-order valence-corrected chi connectivity index (χ4v) is 4.12. The molecule has 1 aliphatic heterocycles. The molecular formula is C20H19N3OS. The van der Waals surface area contributed by atoms with E-state index in [2.05, 4.69) is 63.7 Å². The van der Waals surface area contributed by atoms with E-state index in [1.54, 1.807) is 12.3 Å². The van der Waals surface area contributed by atoms with Crippen LogP contribution in [0.3, 0.4) is 0 Å². The molecule has 2 heterocycles. The number of amides is 1. The van der Waals surface area contributed by atoms with Gasteiger partial charge in [0.15, 0.2) is 0 Å². The summed E-state index contributed by atoms with van der Waals surface area (Å²) in [5.41, 5.74) is 3.08. The van der Waals surface area contributed by atoms with Gasteiger partial charge >= 0.3 is 0 Å². The minimum absolute atomic E-state index is 0.0556. The zero-order valence-corrected chi connectivity index (χ0v) is 14.6. The minimum atomic E-state index is -0.0556. The Balaban J connectivity index is 1.44. The number of carbonyl (C=O) groups is 1. The van der Waals surface area contributed by atoms with Crippen molar-refractivity contribution in [2.75, 3.05) is 18.0 Å². The van der Waals surface area contributed by atoms with Crippen molar-refractivity contribution in [1.82, 2.24) is 10.3 Å². The van der Waals surface area contributed by atoms with Crippen LogP contribution < -0.4 is 10.2 Å². The second-order valence-corrected chi connectivity index (χ2v) is 6.97. The van der Waals surface area contributed by atoms with Crippen molar-refractivity contribution in [3.05, 3.63) is 72.6 Å². The molecule has 2 N–H and O–H groups in total. The number of H-pyrrole nitrogens is 1. The SMILES string of the molecule is O=C(NCCCN1c2ccccc2Sc2ccccc21)c1ccc[nH]1. The number of benzene rings is 2. The van der Waals surface area contributed by atoms with Crippen LogP contribution in [0.5, 0.6) is 0 Å². The van der Waals surface area contributed by atoms with Crippen molar-refractivity contribution in [2.45, 2.75) is 16.2 Å². The van der Waals surface area contributed by atoms with Gasteiger partial charge in [0.05, 0.1) is 11.4 Å². The van der Waals surface area contributed by atoms with Crippen molar-refractivity contribution in [2.24, 2.45) is 0 Å². The average Bonchev–Trinajstić information content (AvgIpc) is 3.19. The highest BCUT2D eigenvalue weighted by atomic mass is 32.2. The summed E-state index contributed by atoms with van der Waals surface area (Å²) in [5.74, 6) is -0.0556. The lowest BCUT2D eigenvalue weighted by molar-refractivity contribution is 0.0949. The molecule has 0 aliphatic carbocycles. The number of hydrogen-bond donors (Lipinski definition) is 2. The van der Waals surface area contributed by atoms with E-state index in [-0.39, 0.29) is 5.91 Å². The fraction of sp³-hybridized carbons (Fsp3) is 0.150. The normalized spacial score (nSPS) is 12.4. The van der Waals surface area contributed by atoms with Gasteiger partial charge in [0.1, 0.15) is 5.69 Å². The Hall–Kier alpha value is -2.66. The summed E-state index contributed by atoms with van der Waals surface area (Å²) < 4.78 is 0. The lowest BCUT2D eigenvalue weighted by Crippen LogP contribution is -2.29. The maximum absolute atomic E-state index is 12.0. The van der Waals surface area contributed by atoms with E-state index >= 15 is 0 Å². The van der Waals surface area contributed by atoms with Gasteiger partial charge in [-0.05, 0) is 42.8 Å². The molecule has 0 fully saturated rings. The van der Waals surface area contributed by atoms with Gasteiger partial charge < -0.3 is 15.2 Å². The zero-order valence-electron chi connectivity index (χ0n) is 13.7. The van der Waals surface area contributed by atoms with E-state index in [9.17, 15) is 4.79 Å². The van der Waals surface area contributed by atoms with Gasteiger partial charge in [0.25, 0.3) is 5.91 Å². The van der Waals surface area contributed by atoms with Crippen molar-refractivity contribution >= 4 is 29.0 Å². The molecule has 1 amide bonds. The maximum atomic E-state index is 12.0. The topological polar surface area (TPSA) is 48.1 Å². The van der Waals surface area contributed by atoms with Crippen molar-refractivity contribution < 1.29 is 4.79 Å². The highest BCUT2D eigenvalue weighted by Gasteiger charge is 2.22. The smallest absolute Gasteiger partial charge is 0.267 e. The molecule has 4 nitrogen and oxygen atoms in total. The molecular weight excluding hydrogens is 330 g/mol. The first kappa shape index (κ1) is 15.8. The van der Waals surface area contributed by atoms with Gasteiger partial charge in [-0.15, -0.1) is 0 Å². The highest BCUT2D eigenvalue weighted by molar-refractivity contribution is 7.99. The lowest BCUT2D eigenvalue weighted by atomic mass is 10.2. The molecule has 0 atom stereocenters. The van der Waals surface area contributed by atoms with Gasteiger partial charge in [0.2, 0.25) is 0 Å². The summed E-state index contributed by atoms with van der Waals surface area (Å²) in [5, 5.41) is 2.97. The number of rotatable bonds is 5. The summed E-state index contributed by atoms with van der Waals surface area (Å²) in [7, 11) is 0. The van der Waals surface area contributed by atoms with E-state index in [1.165, 1.54) is 21.2 Å². The second kappa shape index (κ2) is 7.07. The molecule has 4 rings (SSSR count). The Labute approximate surface area is 151 Å². The van der Waals surface area contributed by atoms with E-state index in [4.69, 9.17) is 0 Å². The third-order valence-corrected chi connectivity index (χ3v) is 5.35. The number of para-hydroxylation sites is 2. The molecule has 5 heteroatoms. The number of fused-ring (bicyclic) bond motifs is 2. The third-order valence-electron chi connectivity index (χ3n) is 4.22. The van der Waals surface area contributed by atoms with Gasteiger partial charge in [0, 0.05) is 29.1 Å². The highest BCUT2D eigenvalue weighted by Crippen LogP contribution is 2.47. The fourth-order valence-electron chi connectivity index (χ4n) is 3.03. The number of anilines is 2. The summed E-state index contributed by atoms with van der Waals surface area (Å²) in [6, 6.07) is 20.6. The third kappa shape index (κ3) is 3.28. The average molecular weight is 349 g/mol. The van der Waals surface area contributed by atoms with Crippen LogP contribution in [0.2, 0.25) is 0 Å². The van der Waals surface area contributed by atoms with Crippen LogP contribution in [0, 0.1) is 0 Å². The van der Waals surface area contributed by atoms with Crippen LogP contribution >= 0.6 is 11.8 Å². The molecule has 25 heavy (non-hydrogen) atoms. The van der Waals surface area contributed by atoms with Crippen LogP contribution in [0.1, 0.15) is 16.9 Å². The zero-order chi connectivity index (χ0) is 17.1. The number of aromatic amines is 1. The molecule has 3 aromatic rings. The van der Waals surface area contributed by atoms with Crippen LogP contribution in [0.15, 0.2) is 76.7 Å². The quantitative estimate of drug-likeness (QED) is 0.670. The monoisotopic (exact) mass is 349 g/mol. The number of hydrogen-bond acceptors (Lipinski definition) is 3. The van der Waals surface area contributed by atoms with Crippen molar-refractivity contribution in [1.29, 1.82) is 0 Å². The Morgan fingerprint density at radius 1 is 0.960 bits per heavy atom.